The zero-order valence-corrected chi connectivity index (χ0v) is 15.2. The van der Waals surface area contributed by atoms with Crippen molar-refractivity contribution in [3.63, 3.8) is 0 Å². The molecule has 6 nitrogen and oxygen atoms in total. The van der Waals surface area contributed by atoms with Crippen LogP contribution < -0.4 is 11.3 Å². The van der Waals surface area contributed by atoms with Crippen molar-refractivity contribution in [2.45, 2.75) is 33.2 Å². The van der Waals surface area contributed by atoms with Crippen molar-refractivity contribution in [1.82, 2.24) is 14.9 Å². The lowest BCUT2D eigenvalue weighted by Gasteiger charge is -2.33. The van der Waals surface area contributed by atoms with E-state index in [2.05, 4.69) is 9.97 Å². The summed E-state index contributed by atoms with van der Waals surface area (Å²) in [6, 6.07) is 1.81. The number of H-pyrrole nitrogens is 1. The molecule has 0 spiro atoms. The van der Waals surface area contributed by atoms with Crippen molar-refractivity contribution in [1.29, 1.82) is 0 Å². The van der Waals surface area contributed by atoms with Crippen molar-refractivity contribution in [3.8, 4) is 0 Å². The second kappa shape index (κ2) is 7.90. The topological polar surface area (TPSA) is 92.1 Å². The second-order valence-corrected chi connectivity index (χ2v) is 6.42. The average Bonchev–Trinajstić information content (AvgIpc) is 2.98. The largest absolute Gasteiger partial charge is 0.338 e. The van der Waals surface area contributed by atoms with Gasteiger partial charge in [0.15, 0.2) is 0 Å². The quantitative estimate of drug-likeness (QED) is 0.827. The van der Waals surface area contributed by atoms with Crippen LogP contribution in [0.15, 0.2) is 16.2 Å². The minimum absolute atomic E-state index is 0. The Bertz CT molecular complexity index is 715. The van der Waals surface area contributed by atoms with Gasteiger partial charge in [-0.3, -0.25) is 9.59 Å². The van der Waals surface area contributed by atoms with Crippen LogP contribution in [0.5, 0.6) is 0 Å². The van der Waals surface area contributed by atoms with Crippen LogP contribution in [0.25, 0.3) is 10.2 Å². The molecule has 0 saturated carbocycles. The summed E-state index contributed by atoms with van der Waals surface area (Å²) in [6.07, 6.45) is 1.38. The molecule has 8 heteroatoms. The molecule has 0 bridgehead atoms. The van der Waals surface area contributed by atoms with Crippen LogP contribution in [0, 0.1) is 5.41 Å². The van der Waals surface area contributed by atoms with Crippen molar-refractivity contribution in [2.24, 2.45) is 11.1 Å². The molecule has 1 amide bonds. The van der Waals surface area contributed by atoms with Gasteiger partial charge >= 0.3 is 0 Å². The number of aromatic amines is 1. The third kappa shape index (κ3) is 3.73. The van der Waals surface area contributed by atoms with Crippen LogP contribution in [-0.2, 0) is 11.3 Å². The molecule has 0 aliphatic heterocycles. The highest BCUT2D eigenvalue weighted by atomic mass is 35.5. The number of carbonyl (C=O) groups excluding carboxylic acids is 1. The van der Waals surface area contributed by atoms with Gasteiger partial charge in [-0.2, -0.15) is 0 Å². The second-order valence-electron chi connectivity index (χ2n) is 5.50. The van der Waals surface area contributed by atoms with E-state index in [1.807, 2.05) is 25.3 Å². The first-order valence-corrected chi connectivity index (χ1v) is 8.27. The Kier molecular flexibility index (Phi) is 6.73. The molecule has 2 aromatic rings. The van der Waals surface area contributed by atoms with E-state index in [-0.39, 0.29) is 30.4 Å². The Labute approximate surface area is 145 Å². The van der Waals surface area contributed by atoms with Crippen molar-refractivity contribution in [3.05, 3.63) is 27.6 Å². The molecule has 0 aromatic carbocycles. The highest BCUT2D eigenvalue weighted by Crippen LogP contribution is 2.27. The van der Waals surface area contributed by atoms with Crippen LogP contribution in [-0.4, -0.2) is 34.4 Å². The van der Waals surface area contributed by atoms with Gasteiger partial charge in [0.1, 0.15) is 10.5 Å². The zero-order chi connectivity index (χ0) is 16.3. The summed E-state index contributed by atoms with van der Waals surface area (Å²) in [5, 5.41) is 1.83. The molecule has 0 saturated heterocycles. The zero-order valence-electron chi connectivity index (χ0n) is 13.6. The monoisotopic (exact) mass is 358 g/mol. The van der Waals surface area contributed by atoms with Gasteiger partial charge in [0.05, 0.1) is 17.5 Å². The van der Waals surface area contributed by atoms with Gasteiger partial charge in [-0.05, 0) is 24.3 Å². The third-order valence-electron chi connectivity index (χ3n) is 4.30. The lowest BCUT2D eigenvalue weighted by molar-refractivity contribution is -0.141. The Morgan fingerprint density at radius 2 is 2.09 bits per heavy atom. The summed E-state index contributed by atoms with van der Waals surface area (Å²) >= 11 is 1.36. The van der Waals surface area contributed by atoms with E-state index in [9.17, 15) is 9.59 Å². The van der Waals surface area contributed by atoms with Crippen LogP contribution in [0.2, 0.25) is 0 Å². The smallest absolute Gasteiger partial charge is 0.268 e. The highest BCUT2D eigenvalue weighted by Gasteiger charge is 2.35. The first-order chi connectivity index (χ1) is 10.5. The molecule has 0 aliphatic rings. The number of fused-ring (bicyclic) bond motifs is 1. The third-order valence-corrected chi connectivity index (χ3v) is 5.20. The average molecular weight is 359 g/mol. The van der Waals surface area contributed by atoms with Gasteiger partial charge in [0.2, 0.25) is 5.91 Å². The Balaban J connectivity index is 0.00000264. The summed E-state index contributed by atoms with van der Waals surface area (Å²) in [5.74, 6) is 0.484. The number of carbonyl (C=O) groups is 1. The SMILES string of the molecule is CCC(CC)(CN)C(=O)N(C)Cc1nc2ccsc2c(=O)[nH]1.Cl. The molecule has 0 fully saturated rings. The number of hydrogen-bond donors (Lipinski definition) is 2. The first-order valence-electron chi connectivity index (χ1n) is 7.39. The summed E-state index contributed by atoms with van der Waals surface area (Å²) in [5.41, 5.74) is 5.79. The number of halogens is 1. The lowest BCUT2D eigenvalue weighted by Crippen LogP contribution is -2.46. The van der Waals surface area contributed by atoms with Gasteiger partial charge in [0, 0.05) is 13.6 Å². The predicted molar refractivity (Wildman–Crippen MR) is 96.0 cm³/mol. The Morgan fingerprint density at radius 3 is 2.65 bits per heavy atom. The molecule has 128 valence electrons. The lowest BCUT2D eigenvalue weighted by atomic mass is 9.81. The summed E-state index contributed by atoms with van der Waals surface area (Å²) < 4.78 is 0.608. The number of nitrogens with two attached hydrogens (primary N) is 1. The van der Waals surface area contributed by atoms with Crippen LogP contribution >= 0.6 is 23.7 Å². The summed E-state index contributed by atoms with van der Waals surface area (Å²) in [4.78, 5) is 33.4. The molecule has 2 rings (SSSR count). The Morgan fingerprint density at radius 1 is 1.43 bits per heavy atom. The first kappa shape index (κ1) is 19.6. The van der Waals surface area contributed by atoms with E-state index < -0.39 is 5.41 Å². The maximum absolute atomic E-state index is 12.7. The molecule has 3 N–H and O–H groups in total. The molecule has 23 heavy (non-hydrogen) atoms. The van der Waals surface area contributed by atoms with Crippen molar-refractivity contribution < 1.29 is 4.79 Å². The van der Waals surface area contributed by atoms with Crippen LogP contribution in [0.1, 0.15) is 32.5 Å². The molecular weight excluding hydrogens is 336 g/mol. The number of nitrogens with zero attached hydrogens (tertiary/aromatic N) is 2. The Hall–Kier alpha value is -1.44. The number of hydrogen-bond acceptors (Lipinski definition) is 5. The van der Waals surface area contributed by atoms with Crippen molar-refractivity contribution >= 4 is 39.9 Å². The maximum atomic E-state index is 12.7. The van der Waals surface area contributed by atoms with Crippen molar-refractivity contribution in [2.75, 3.05) is 13.6 Å². The van der Waals surface area contributed by atoms with E-state index >= 15 is 0 Å². The van der Waals surface area contributed by atoms with E-state index in [4.69, 9.17) is 5.73 Å². The fraction of sp³-hybridized carbons (Fsp3) is 0.533. The fourth-order valence-electron chi connectivity index (χ4n) is 2.63. The number of aromatic nitrogens is 2. The number of thiophene rings is 1. The molecule has 0 atom stereocenters. The normalized spacial score (nSPS) is 11.3. The van der Waals surface area contributed by atoms with E-state index in [0.717, 1.165) is 0 Å². The van der Waals surface area contributed by atoms with Gasteiger partial charge < -0.3 is 15.6 Å². The maximum Gasteiger partial charge on any atom is 0.268 e. The number of rotatable bonds is 6. The highest BCUT2D eigenvalue weighted by molar-refractivity contribution is 7.17. The molecule has 0 unspecified atom stereocenters. The molecule has 2 heterocycles. The van der Waals surface area contributed by atoms with Gasteiger partial charge in [0.25, 0.3) is 5.56 Å². The van der Waals surface area contributed by atoms with Gasteiger partial charge in [-0.1, -0.05) is 13.8 Å². The minimum atomic E-state index is -0.540. The standard InChI is InChI=1S/C15H22N4O2S.ClH/c1-4-15(5-2,9-16)14(21)19(3)8-11-17-10-6-7-22-12(10)13(20)18-11;/h6-7H,4-5,8-9,16H2,1-3H3,(H,17,18,20);1H. The minimum Gasteiger partial charge on any atom is -0.338 e. The summed E-state index contributed by atoms with van der Waals surface area (Å²) in [6.45, 7) is 4.53. The molecule has 0 radical (unpaired) electrons. The number of nitrogens with one attached hydrogen (secondary N) is 1. The van der Waals surface area contributed by atoms with Gasteiger partial charge in [-0.15, -0.1) is 23.7 Å². The molecule has 2 aromatic heterocycles. The van der Waals surface area contributed by atoms with Crippen LogP contribution in [0.4, 0.5) is 0 Å². The number of amides is 1. The van der Waals surface area contributed by atoms with Crippen LogP contribution in [0.3, 0.4) is 0 Å². The van der Waals surface area contributed by atoms with E-state index in [1.165, 1.54) is 11.3 Å². The predicted octanol–water partition coefficient (Wildman–Crippen LogP) is 2.13. The molecule has 0 aliphatic carbocycles. The van der Waals surface area contributed by atoms with E-state index in [0.29, 0.717) is 35.4 Å². The summed E-state index contributed by atoms with van der Waals surface area (Å²) in [7, 11) is 1.72. The fourth-order valence-corrected chi connectivity index (χ4v) is 3.35. The van der Waals surface area contributed by atoms with Gasteiger partial charge in [-0.25, -0.2) is 4.98 Å². The molecular formula is C15H23ClN4O2S. The van der Waals surface area contributed by atoms with E-state index in [1.54, 1.807) is 11.9 Å².